The lowest BCUT2D eigenvalue weighted by molar-refractivity contribution is 0.806. The summed E-state index contributed by atoms with van der Waals surface area (Å²) in [5.74, 6) is 1.60. The van der Waals surface area contributed by atoms with Gasteiger partial charge >= 0.3 is 0 Å². The van der Waals surface area contributed by atoms with Crippen LogP contribution in [0.3, 0.4) is 0 Å². The summed E-state index contributed by atoms with van der Waals surface area (Å²) < 4.78 is 1.75. The predicted octanol–water partition coefficient (Wildman–Crippen LogP) is 3.09. The molecule has 0 aliphatic carbocycles. The first-order valence-electron chi connectivity index (χ1n) is 9.34. The summed E-state index contributed by atoms with van der Waals surface area (Å²) in [4.78, 5) is 9.07. The van der Waals surface area contributed by atoms with E-state index < -0.39 is 0 Å². The van der Waals surface area contributed by atoms with E-state index in [2.05, 4.69) is 58.8 Å². The summed E-state index contributed by atoms with van der Waals surface area (Å²) in [6, 6.07) is 14.4. The van der Waals surface area contributed by atoms with Crippen LogP contribution >= 0.6 is 0 Å². The van der Waals surface area contributed by atoms with Crippen molar-refractivity contribution in [3.63, 3.8) is 0 Å². The molecule has 0 saturated carbocycles. The Bertz CT molecular complexity index is 870. The van der Waals surface area contributed by atoms with Crippen molar-refractivity contribution in [3.8, 4) is 5.82 Å². The van der Waals surface area contributed by atoms with E-state index >= 15 is 0 Å². The van der Waals surface area contributed by atoms with Gasteiger partial charge < -0.3 is 10.6 Å². The van der Waals surface area contributed by atoms with Crippen molar-refractivity contribution in [3.05, 3.63) is 77.7 Å². The number of rotatable bonds is 7. The van der Waals surface area contributed by atoms with Crippen molar-refractivity contribution >= 4 is 5.96 Å². The molecular formula is C21H26N6. The molecule has 0 spiro atoms. The lowest BCUT2D eigenvalue weighted by Gasteiger charge is -2.13. The molecule has 0 saturated heterocycles. The smallest absolute Gasteiger partial charge is 0.191 e. The minimum atomic E-state index is 0.571. The molecule has 3 aromatic rings. The maximum atomic E-state index is 4.71. The summed E-state index contributed by atoms with van der Waals surface area (Å²) in [6.07, 6.45) is 6.44. The third kappa shape index (κ3) is 5.17. The van der Waals surface area contributed by atoms with E-state index in [-0.39, 0.29) is 0 Å². The van der Waals surface area contributed by atoms with Gasteiger partial charge in [-0.1, -0.05) is 31.2 Å². The zero-order valence-electron chi connectivity index (χ0n) is 15.9. The average molecular weight is 362 g/mol. The highest BCUT2D eigenvalue weighted by Crippen LogP contribution is 2.09. The Labute approximate surface area is 160 Å². The van der Waals surface area contributed by atoms with E-state index in [4.69, 9.17) is 4.99 Å². The van der Waals surface area contributed by atoms with Crippen LogP contribution in [0.25, 0.3) is 5.82 Å². The third-order valence-corrected chi connectivity index (χ3v) is 4.26. The molecule has 0 aliphatic heterocycles. The Morgan fingerprint density at radius 1 is 1.04 bits per heavy atom. The average Bonchev–Trinajstić information content (AvgIpc) is 3.25. The topological polar surface area (TPSA) is 67.1 Å². The van der Waals surface area contributed by atoms with Gasteiger partial charge in [0.15, 0.2) is 11.8 Å². The Morgan fingerprint density at radius 2 is 1.89 bits per heavy atom. The summed E-state index contributed by atoms with van der Waals surface area (Å²) in [5, 5.41) is 11.0. The number of nitrogens with one attached hydrogen (secondary N) is 2. The monoisotopic (exact) mass is 362 g/mol. The lowest BCUT2D eigenvalue weighted by Crippen LogP contribution is -2.37. The predicted molar refractivity (Wildman–Crippen MR) is 109 cm³/mol. The molecular weight excluding hydrogens is 336 g/mol. The molecule has 0 radical (unpaired) electrons. The fourth-order valence-electron chi connectivity index (χ4n) is 2.85. The van der Waals surface area contributed by atoms with Crippen molar-refractivity contribution in [2.75, 3.05) is 6.54 Å². The molecule has 0 amide bonds. The number of nitrogens with zero attached hydrogens (tertiary/aromatic N) is 4. The van der Waals surface area contributed by atoms with Gasteiger partial charge in [0.25, 0.3) is 0 Å². The lowest BCUT2D eigenvalue weighted by atomic mass is 10.1. The highest BCUT2D eigenvalue weighted by molar-refractivity contribution is 5.79. The van der Waals surface area contributed by atoms with Crippen LogP contribution in [0.5, 0.6) is 0 Å². The highest BCUT2D eigenvalue weighted by atomic mass is 15.3. The number of guanidine groups is 1. The molecule has 0 atom stereocenters. The van der Waals surface area contributed by atoms with Gasteiger partial charge in [0, 0.05) is 31.7 Å². The molecule has 6 nitrogen and oxygen atoms in total. The van der Waals surface area contributed by atoms with Crippen LogP contribution in [0.4, 0.5) is 0 Å². The van der Waals surface area contributed by atoms with Gasteiger partial charge in [-0.3, -0.25) is 0 Å². The van der Waals surface area contributed by atoms with Crippen LogP contribution in [-0.2, 0) is 19.5 Å². The summed E-state index contributed by atoms with van der Waals surface area (Å²) in [5.41, 5.74) is 3.75. The van der Waals surface area contributed by atoms with Crippen LogP contribution in [0, 0.1) is 0 Å². The Hall–Kier alpha value is -3.15. The van der Waals surface area contributed by atoms with E-state index in [0.717, 1.165) is 36.9 Å². The van der Waals surface area contributed by atoms with Gasteiger partial charge in [0.1, 0.15) is 0 Å². The molecule has 1 aromatic carbocycles. The van der Waals surface area contributed by atoms with Crippen LogP contribution in [-0.4, -0.2) is 27.3 Å². The maximum absolute atomic E-state index is 4.71. The first-order chi connectivity index (χ1) is 13.3. The largest absolute Gasteiger partial charge is 0.357 e. The molecule has 0 unspecified atom stereocenters. The Kier molecular flexibility index (Phi) is 6.57. The molecule has 2 N–H and O–H groups in total. The third-order valence-electron chi connectivity index (χ3n) is 4.26. The van der Waals surface area contributed by atoms with E-state index in [1.807, 2.05) is 24.4 Å². The van der Waals surface area contributed by atoms with Crippen LogP contribution in [0.15, 0.2) is 66.0 Å². The number of pyridine rings is 1. The minimum Gasteiger partial charge on any atom is -0.357 e. The standard InChI is InChI=1S/C21H26N6/c1-3-18-8-5-6-9-19(18)16-25-21(22-4-2)24-15-17-10-12-23-20(14-17)27-13-7-11-26-27/h5-14H,3-4,15-16H2,1-2H3,(H2,22,24,25). The van der Waals surface area contributed by atoms with Gasteiger partial charge in [0.2, 0.25) is 0 Å². The highest BCUT2D eigenvalue weighted by Gasteiger charge is 2.03. The summed E-state index contributed by atoms with van der Waals surface area (Å²) in [7, 11) is 0. The second kappa shape index (κ2) is 9.52. The fourth-order valence-corrected chi connectivity index (χ4v) is 2.85. The van der Waals surface area contributed by atoms with E-state index in [0.29, 0.717) is 6.54 Å². The van der Waals surface area contributed by atoms with Gasteiger partial charge in [-0.2, -0.15) is 5.10 Å². The van der Waals surface area contributed by atoms with Crippen LogP contribution in [0.2, 0.25) is 0 Å². The second-order valence-corrected chi connectivity index (χ2v) is 6.14. The molecule has 3 rings (SSSR count). The van der Waals surface area contributed by atoms with Gasteiger partial charge in [-0.25, -0.2) is 14.7 Å². The molecule has 0 aliphatic rings. The number of aryl methyl sites for hydroxylation is 1. The maximum Gasteiger partial charge on any atom is 0.191 e. The number of aromatic nitrogens is 3. The Morgan fingerprint density at radius 3 is 2.63 bits per heavy atom. The van der Waals surface area contributed by atoms with Crippen LogP contribution in [0.1, 0.15) is 30.5 Å². The number of hydrogen-bond acceptors (Lipinski definition) is 3. The van der Waals surface area contributed by atoms with E-state index in [1.54, 1.807) is 17.1 Å². The van der Waals surface area contributed by atoms with Gasteiger partial charge in [0.05, 0.1) is 6.54 Å². The van der Waals surface area contributed by atoms with E-state index in [1.165, 1.54) is 11.1 Å². The molecule has 140 valence electrons. The zero-order chi connectivity index (χ0) is 18.9. The molecule has 27 heavy (non-hydrogen) atoms. The molecule has 0 fully saturated rings. The quantitative estimate of drug-likeness (QED) is 0.501. The molecule has 2 aromatic heterocycles. The molecule has 0 bridgehead atoms. The molecule has 6 heteroatoms. The summed E-state index contributed by atoms with van der Waals surface area (Å²) in [6.45, 7) is 6.39. The second-order valence-electron chi connectivity index (χ2n) is 6.14. The SMILES string of the molecule is CCNC(=NCc1ccnc(-n2cccn2)c1)NCc1ccccc1CC. The van der Waals surface area contributed by atoms with Gasteiger partial charge in [-0.15, -0.1) is 0 Å². The number of hydrogen-bond donors (Lipinski definition) is 2. The zero-order valence-corrected chi connectivity index (χ0v) is 15.9. The molecule has 2 heterocycles. The van der Waals surface area contributed by atoms with Crippen molar-refractivity contribution in [2.45, 2.75) is 33.4 Å². The number of aliphatic imine (C=N–C) groups is 1. The van der Waals surface area contributed by atoms with E-state index in [9.17, 15) is 0 Å². The van der Waals surface area contributed by atoms with Crippen molar-refractivity contribution in [2.24, 2.45) is 4.99 Å². The normalized spacial score (nSPS) is 11.4. The minimum absolute atomic E-state index is 0.571. The first kappa shape index (κ1) is 18.6. The fraction of sp³-hybridized carbons (Fsp3) is 0.286. The van der Waals surface area contributed by atoms with Crippen LogP contribution < -0.4 is 10.6 Å². The summed E-state index contributed by atoms with van der Waals surface area (Å²) >= 11 is 0. The van der Waals surface area contributed by atoms with Crippen molar-refractivity contribution < 1.29 is 0 Å². The Balaban J connectivity index is 1.68. The number of benzene rings is 1. The first-order valence-corrected chi connectivity index (χ1v) is 9.34. The van der Waals surface area contributed by atoms with Crippen molar-refractivity contribution in [1.82, 2.24) is 25.4 Å². The van der Waals surface area contributed by atoms with Gasteiger partial charge in [-0.05, 0) is 48.2 Å². The van der Waals surface area contributed by atoms with Crippen molar-refractivity contribution in [1.29, 1.82) is 0 Å².